The van der Waals surface area contributed by atoms with Crippen LogP contribution in [-0.2, 0) is 12.6 Å². The van der Waals surface area contributed by atoms with Crippen molar-refractivity contribution in [2.75, 3.05) is 0 Å². The molecule has 1 heteroatoms. The van der Waals surface area contributed by atoms with Crippen molar-refractivity contribution in [3.05, 3.63) is 47.5 Å². The van der Waals surface area contributed by atoms with Crippen LogP contribution in [0.3, 0.4) is 0 Å². The number of aryl methyl sites for hydroxylation is 1. The Morgan fingerprint density at radius 2 is 1.88 bits per heavy atom. The zero-order valence-corrected chi connectivity index (χ0v) is 11.0. The standard InChI is InChI=1S/C15H19P/c1-2-3-6-13-10-9-12-7-4-5-8-14(12)15(13)11-16/h4-5,7-10H,2-3,6,11,16H2,1H3. The van der Waals surface area contributed by atoms with Crippen LogP contribution in [0.25, 0.3) is 10.8 Å². The number of hydrogen-bond acceptors (Lipinski definition) is 0. The van der Waals surface area contributed by atoms with Crippen molar-refractivity contribution in [1.82, 2.24) is 0 Å². The maximum atomic E-state index is 2.87. The van der Waals surface area contributed by atoms with Gasteiger partial charge in [0.05, 0.1) is 0 Å². The zero-order chi connectivity index (χ0) is 11.4. The van der Waals surface area contributed by atoms with Crippen molar-refractivity contribution < 1.29 is 0 Å². The van der Waals surface area contributed by atoms with Crippen molar-refractivity contribution in [2.45, 2.75) is 32.3 Å². The first-order valence-corrected chi connectivity index (χ1v) is 6.88. The van der Waals surface area contributed by atoms with Gasteiger partial charge in [-0.05, 0) is 40.9 Å². The smallest absolute Gasteiger partial charge is 0.0120 e. The molecule has 0 N–H and O–H groups in total. The van der Waals surface area contributed by atoms with Gasteiger partial charge in [0.2, 0.25) is 0 Å². The molecule has 2 aromatic carbocycles. The Morgan fingerprint density at radius 3 is 2.62 bits per heavy atom. The Hall–Kier alpha value is -0.870. The summed E-state index contributed by atoms with van der Waals surface area (Å²) in [6, 6.07) is 13.2. The molecule has 0 amide bonds. The quantitative estimate of drug-likeness (QED) is 0.675. The van der Waals surface area contributed by atoms with E-state index < -0.39 is 0 Å². The van der Waals surface area contributed by atoms with Crippen molar-refractivity contribution in [2.24, 2.45) is 0 Å². The SMILES string of the molecule is CCCCc1ccc2ccccc2c1CP. The van der Waals surface area contributed by atoms with E-state index >= 15 is 0 Å². The van der Waals surface area contributed by atoms with Gasteiger partial charge >= 0.3 is 0 Å². The first kappa shape index (κ1) is 11.6. The van der Waals surface area contributed by atoms with Crippen molar-refractivity contribution >= 4 is 20.0 Å². The average Bonchev–Trinajstić information content (AvgIpc) is 2.35. The van der Waals surface area contributed by atoms with Gasteiger partial charge in [0.25, 0.3) is 0 Å². The molecule has 0 radical (unpaired) electrons. The fourth-order valence-electron chi connectivity index (χ4n) is 2.22. The zero-order valence-electron chi connectivity index (χ0n) is 9.87. The largest absolute Gasteiger partial charge is 0.133 e. The van der Waals surface area contributed by atoms with Gasteiger partial charge in [-0.1, -0.05) is 49.7 Å². The van der Waals surface area contributed by atoms with E-state index in [1.807, 2.05) is 0 Å². The minimum Gasteiger partial charge on any atom is -0.133 e. The molecule has 0 spiro atoms. The highest BCUT2D eigenvalue weighted by Gasteiger charge is 2.04. The van der Waals surface area contributed by atoms with Gasteiger partial charge in [-0.25, -0.2) is 0 Å². The lowest BCUT2D eigenvalue weighted by Crippen LogP contribution is -1.93. The molecule has 0 heterocycles. The second kappa shape index (κ2) is 5.46. The summed E-state index contributed by atoms with van der Waals surface area (Å²) in [7, 11) is 2.87. The van der Waals surface area contributed by atoms with E-state index in [0.717, 1.165) is 6.16 Å². The lowest BCUT2D eigenvalue weighted by molar-refractivity contribution is 0.792. The van der Waals surface area contributed by atoms with Gasteiger partial charge in [-0.15, -0.1) is 9.24 Å². The molecule has 2 aromatic rings. The van der Waals surface area contributed by atoms with Gasteiger partial charge < -0.3 is 0 Å². The summed E-state index contributed by atoms with van der Waals surface area (Å²) in [5, 5.41) is 2.78. The fraction of sp³-hybridized carbons (Fsp3) is 0.333. The Labute approximate surface area is 100 Å². The maximum absolute atomic E-state index is 2.87. The highest BCUT2D eigenvalue weighted by molar-refractivity contribution is 7.15. The topological polar surface area (TPSA) is 0 Å². The summed E-state index contributed by atoms with van der Waals surface area (Å²) in [6.45, 7) is 2.25. The molecule has 0 aliphatic heterocycles. The van der Waals surface area contributed by atoms with E-state index in [9.17, 15) is 0 Å². The van der Waals surface area contributed by atoms with E-state index in [1.54, 1.807) is 0 Å². The molecule has 0 saturated carbocycles. The third-order valence-electron chi connectivity index (χ3n) is 3.14. The highest BCUT2D eigenvalue weighted by atomic mass is 31.0. The predicted octanol–water partition coefficient (Wildman–Crippen LogP) is 4.56. The molecule has 0 aromatic heterocycles. The van der Waals surface area contributed by atoms with Crippen LogP contribution < -0.4 is 0 Å². The van der Waals surface area contributed by atoms with Gasteiger partial charge in [-0.3, -0.25) is 0 Å². The molecule has 0 fully saturated rings. The fourth-order valence-corrected chi connectivity index (χ4v) is 2.71. The van der Waals surface area contributed by atoms with E-state index in [2.05, 4.69) is 52.6 Å². The molecular formula is C15H19P. The van der Waals surface area contributed by atoms with Crippen LogP contribution in [0, 0.1) is 0 Å². The van der Waals surface area contributed by atoms with Crippen LogP contribution in [0.2, 0.25) is 0 Å². The molecule has 2 rings (SSSR count). The number of hydrogen-bond donors (Lipinski definition) is 0. The van der Waals surface area contributed by atoms with Crippen LogP contribution in [0.15, 0.2) is 36.4 Å². The summed E-state index contributed by atoms with van der Waals surface area (Å²) in [5.74, 6) is 0. The molecule has 0 aliphatic carbocycles. The third-order valence-corrected chi connectivity index (χ3v) is 3.55. The van der Waals surface area contributed by atoms with Gasteiger partial charge in [0, 0.05) is 0 Å². The molecule has 0 nitrogen and oxygen atoms in total. The monoisotopic (exact) mass is 230 g/mol. The number of benzene rings is 2. The first-order valence-electron chi connectivity index (χ1n) is 6.06. The predicted molar refractivity (Wildman–Crippen MR) is 76.0 cm³/mol. The van der Waals surface area contributed by atoms with Crippen LogP contribution in [-0.4, -0.2) is 0 Å². The summed E-state index contributed by atoms with van der Waals surface area (Å²) in [5.41, 5.74) is 3.03. The van der Waals surface area contributed by atoms with Crippen molar-refractivity contribution in [1.29, 1.82) is 0 Å². The number of unbranched alkanes of at least 4 members (excludes halogenated alkanes) is 1. The second-order valence-corrected chi connectivity index (χ2v) is 4.64. The van der Waals surface area contributed by atoms with Gasteiger partial charge in [0.15, 0.2) is 0 Å². The molecule has 0 aliphatic rings. The Bertz CT molecular complexity index is 474. The van der Waals surface area contributed by atoms with Crippen molar-refractivity contribution in [3.8, 4) is 0 Å². The maximum Gasteiger partial charge on any atom is -0.0120 e. The Morgan fingerprint density at radius 1 is 1.06 bits per heavy atom. The van der Waals surface area contributed by atoms with Gasteiger partial charge in [-0.2, -0.15) is 0 Å². The summed E-state index contributed by atoms with van der Waals surface area (Å²) in [4.78, 5) is 0. The van der Waals surface area contributed by atoms with E-state index in [-0.39, 0.29) is 0 Å². The number of rotatable bonds is 4. The number of fused-ring (bicyclic) bond motifs is 1. The Kier molecular flexibility index (Phi) is 3.96. The summed E-state index contributed by atoms with van der Waals surface area (Å²) >= 11 is 0. The average molecular weight is 230 g/mol. The summed E-state index contributed by atoms with van der Waals surface area (Å²) in [6.07, 6.45) is 4.82. The van der Waals surface area contributed by atoms with E-state index in [0.29, 0.717) is 0 Å². The van der Waals surface area contributed by atoms with Crippen LogP contribution in [0.1, 0.15) is 30.9 Å². The van der Waals surface area contributed by atoms with E-state index in [1.165, 1.54) is 41.2 Å². The lowest BCUT2D eigenvalue weighted by atomic mass is 9.97. The van der Waals surface area contributed by atoms with Crippen LogP contribution in [0.5, 0.6) is 0 Å². The van der Waals surface area contributed by atoms with Gasteiger partial charge in [0.1, 0.15) is 0 Å². The minimum atomic E-state index is 1.06. The minimum absolute atomic E-state index is 1.06. The van der Waals surface area contributed by atoms with Crippen molar-refractivity contribution in [3.63, 3.8) is 0 Å². The molecule has 84 valence electrons. The first-order chi connectivity index (χ1) is 7.86. The van der Waals surface area contributed by atoms with Crippen LogP contribution >= 0.6 is 9.24 Å². The normalized spacial score (nSPS) is 10.9. The molecule has 1 atom stereocenters. The molecule has 0 bridgehead atoms. The molecule has 0 saturated heterocycles. The second-order valence-electron chi connectivity index (χ2n) is 4.23. The molecule has 16 heavy (non-hydrogen) atoms. The van der Waals surface area contributed by atoms with E-state index in [4.69, 9.17) is 0 Å². The lowest BCUT2D eigenvalue weighted by Gasteiger charge is -2.11. The molecular weight excluding hydrogens is 211 g/mol. The van der Waals surface area contributed by atoms with Crippen LogP contribution in [0.4, 0.5) is 0 Å². The third kappa shape index (κ3) is 2.28. The molecule has 1 unspecified atom stereocenters. The Balaban J connectivity index is 2.50. The highest BCUT2D eigenvalue weighted by Crippen LogP contribution is 2.25. The summed E-state index contributed by atoms with van der Waals surface area (Å²) < 4.78 is 0.